The lowest BCUT2D eigenvalue weighted by Crippen LogP contribution is -2.45. The molecular weight excluding hydrogens is 268 g/mol. The Hall–Kier alpha value is -1.12. The van der Waals surface area contributed by atoms with Crippen LogP contribution in [-0.2, 0) is 14.3 Å². The number of morpholine rings is 1. The Bertz CT molecular complexity index is 369. The molecule has 2 amide bonds. The predicted octanol–water partition coefficient (Wildman–Crippen LogP) is -1.35. The second-order valence-corrected chi connectivity index (χ2v) is 5.28. The lowest BCUT2D eigenvalue weighted by atomic mass is 10.4. The van der Waals surface area contributed by atoms with Crippen LogP contribution in [0, 0.1) is 0 Å². The van der Waals surface area contributed by atoms with Crippen LogP contribution in [-0.4, -0.2) is 73.6 Å². The van der Waals surface area contributed by atoms with Gasteiger partial charge in [0, 0.05) is 31.9 Å². The minimum Gasteiger partial charge on any atom is -0.379 e. The van der Waals surface area contributed by atoms with Gasteiger partial charge in [-0.05, 0) is 0 Å². The van der Waals surface area contributed by atoms with Gasteiger partial charge in [0.15, 0.2) is 5.17 Å². The molecule has 106 valence electrons. The number of ether oxygens (including phenoxy) is 1. The molecule has 0 unspecified atom stereocenters. The highest BCUT2D eigenvalue weighted by molar-refractivity contribution is 8.14. The topological polar surface area (TPSA) is 83.0 Å². The van der Waals surface area contributed by atoms with Crippen molar-refractivity contribution in [1.29, 1.82) is 0 Å². The van der Waals surface area contributed by atoms with E-state index in [1.165, 1.54) is 11.8 Å². The standard InChI is InChI=1S/C11H18N4O3S/c16-9(10(17)14-11-13-2-8-19-11)12-1-3-15-4-6-18-7-5-15/h1-8H2,(H,12,16)(H,13,14,17). The number of carbonyl (C=O) groups is 2. The molecular formula is C11H18N4O3S. The Morgan fingerprint density at radius 1 is 1.32 bits per heavy atom. The molecule has 2 aliphatic heterocycles. The van der Waals surface area contributed by atoms with Gasteiger partial charge in [0.05, 0.1) is 19.8 Å². The van der Waals surface area contributed by atoms with Crippen molar-refractivity contribution < 1.29 is 14.3 Å². The van der Waals surface area contributed by atoms with E-state index < -0.39 is 11.8 Å². The molecule has 0 aromatic heterocycles. The van der Waals surface area contributed by atoms with E-state index in [1.807, 2.05) is 0 Å². The van der Waals surface area contributed by atoms with E-state index in [0.717, 1.165) is 38.6 Å². The van der Waals surface area contributed by atoms with Crippen molar-refractivity contribution in [3.05, 3.63) is 0 Å². The van der Waals surface area contributed by atoms with Gasteiger partial charge in [-0.1, -0.05) is 11.8 Å². The fourth-order valence-corrected chi connectivity index (χ4v) is 2.52. The zero-order valence-corrected chi connectivity index (χ0v) is 11.5. The van der Waals surface area contributed by atoms with Crippen LogP contribution in [0.25, 0.3) is 0 Å². The highest BCUT2D eigenvalue weighted by Crippen LogP contribution is 2.08. The Morgan fingerprint density at radius 3 is 2.79 bits per heavy atom. The Morgan fingerprint density at radius 2 is 2.11 bits per heavy atom. The summed E-state index contributed by atoms with van der Waals surface area (Å²) in [7, 11) is 0. The summed E-state index contributed by atoms with van der Waals surface area (Å²) < 4.78 is 5.23. The number of nitrogens with zero attached hydrogens (tertiary/aromatic N) is 2. The number of hydrogen-bond donors (Lipinski definition) is 2. The lowest BCUT2D eigenvalue weighted by Gasteiger charge is -2.26. The van der Waals surface area contributed by atoms with Gasteiger partial charge in [0.25, 0.3) is 0 Å². The summed E-state index contributed by atoms with van der Waals surface area (Å²) in [6.45, 7) is 5.09. The molecule has 0 aromatic rings. The average Bonchev–Trinajstić information content (AvgIpc) is 2.92. The maximum atomic E-state index is 11.5. The Balaban J connectivity index is 1.61. The monoisotopic (exact) mass is 286 g/mol. The smallest absolute Gasteiger partial charge is 0.315 e. The number of aliphatic imine (C=N–C) groups is 1. The molecule has 0 saturated carbocycles. The van der Waals surface area contributed by atoms with Crippen molar-refractivity contribution in [2.24, 2.45) is 4.99 Å². The van der Waals surface area contributed by atoms with Crippen molar-refractivity contribution in [1.82, 2.24) is 15.5 Å². The maximum Gasteiger partial charge on any atom is 0.315 e. The second-order valence-electron chi connectivity index (χ2n) is 4.20. The first-order valence-corrected chi connectivity index (χ1v) is 7.31. The molecule has 0 radical (unpaired) electrons. The van der Waals surface area contributed by atoms with E-state index in [1.54, 1.807) is 0 Å². The SMILES string of the molecule is O=C(NCCN1CCOCC1)C(=O)NC1=NCCS1. The Labute approximate surface area is 116 Å². The van der Waals surface area contributed by atoms with Crippen molar-refractivity contribution in [3.8, 4) is 0 Å². The number of thioether (sulfide) groups is 1. The fraction of sp³-hybridized carbons (Fsp3) is 0.727. The quantitative estimate of drug-likeness (QED) is 0.627. The van der Waals surface area contributed by atoms with Crippen LogP contribution in [0.5, 0.6) is 0 Å². The van der Waals surface area contributed by atoms with Gasteiger partial charge in [-0.2, -0.15) is 0 Å². The fourth-order valence-electron chi connectivity index (χ4n) is 1.80. The van der Waals surface area contributed by atoms with Gasteiger partial charge in [0.1, 0.15) is 0 Å². The number of amidine groups is 1. The average molecular weight is 286 g/mol. The molecule has 0 aromatic carbocycles. The summed E-state index contributed by atoms with van der Waals surface area (Å²) in [4.78, 5) is 29.3. The Kier molecular flexibility index (Phi) is 5.62. The number of carbonyl (C=O) groups excluding carboxylic acids is 2. The number of nitrogens with one attached hydrogen (secondary N) is 2. The summed E-state index contributed by atoms with van der Waals surface area (Å²) in [6, 6.07) is 0. The van der Waals surface area contributed by atoms with Crippen molar-refractivity contribution in [3.63, 3.8) is 0 Å². The predicted molar refractivity (Wildman–Crippen MR) is 73.2 cm³/mol. The second kappa shape index (κ2) is 7.46. The van der Waals surface area contributed by atoms with Crippen molar-refractivity contribution in [2.45, 2.75) is 0 Å². The van der Waals surface area contributed by atoms with Crippen LogP contribution in [0.1, 0.15) is 0 Å². The van der Waals surface area contributed by atoms with Gasteiger partial charge in [-0.3, -0.25) is 24.8 Å². The van der Waals surface area contributed by atoms with E-state index in [0.29, 0.717) is 18.3 Å². The van der Waals surface area contributed by atoms with Gasteiger partial charge >= 0.3 is 11.8 Å². The van der Waals surface area contributed by atoms with Crippen LogP contribution in [0.15, 0.2) is 4.99 Å². The van der Waals surface area contributed by atoms with Crippen LogP contribution in [0.4, 0.5) is 0 Å². The first kappa shape index (κ1) is 14.3. The highest BCUT2D eigenvalue weighted by atomic mass is 32.2. The number of rotatable bonds is 3. The number of amides is 2. The normalized spacial score (nSPS) is 19.9. The molecule has 2 N–H and O–H groups in total. The van der Waals surface area contributed by atoms with E-state index in [-0.39, 0.29) is 0 Å². The molecule has 1 fully saturated rings. The van der Waals surface area contributed by atoms with Gasteiger partial charge in [0.2, 0.25) is 0 Å². The van der Waals surface area contributed by atoms with E-state index in [9.17, 15) is 9.59 Å². The third-order valence-corrected chi connectivity index (χ3v) is 3.72. The van der Waals surface area contributed by atoms with Gasteiger partial charge < -0.3 is 10.1 Å². The first-order valence-electron chi connectivity index (χ1n) is 6.32. The van der Waals surface area contributed by atoms with Crippen LogP contribution in [0.2, 0.25) is 0 Å². The minimum absolute atomic E-state index is 0.464. The van der Waals surface area contributed by atoms with E-state index in [4.69, 9.17) is 4.74 Å². The maximum absolute atomic E-state index is 11.5. The third kappa shape index (κ3) is 4.81. The molecule has 2 aliphatic rings. The van der Waals surface area contributed by atoms with Crippen LogP contribution >= 0.6 is 11.8 Å². The van der Waals surface area contributed by atoms with E-state index >= 15 is 0 Å². The van der Waals surface area contributed by atoms with Crippen molar-refractivity contribution in [2.75, 3.05) is 51.7 Å². The summed E-state index contributed by atoms with van der Waals surface area (Å²) >= 11 is 1.45. The van der Waals surface area contributed by atoms with Crippen molar-refractivity contribution >= 4 is 28.7 Å². The van der Waals surface area contributed by atoms with Gasteiger partial charge in [-0.15, -0.1) is 0 Å². The first-order chi connectivity index (χ1) is 9.25. The minimum atomic E-state index is -0.643. The molecule has 0 spiro atoms. The summed E-state index contributed by atoms with van der Waals surface area (Å²) in [5.41, 5.74) is 0. The third-order valence-electron chi connectivity index (χ3n) is 2.83. The molecule has 0 atom stereocenters. The molecule has 0 bridgehead atoms. The number of hydrogen-bond acceptors (Lipinski definition) is 6. The highest BCUT2D eigenvalue weighted by Gasteiger charge is 2.18. The molecule has 0 aliphatic carbocycles. The van der Waals surface area contributed by atoms with Crippen LogP contribution in [0.3, 0.4) is 0 Å². The zero-order chi connectivity index (χ0) is 13.5. The largest absolute Gasteiger partial charge is 0.379 e. The van der Waals surface area contributed by atoms with E-state index in [2.05, 4.69) is 20.5 Å². The molecule has 2 heterocycles. The van der Waals surface area contributed by atoms with Gasteiger partial charge in [-0.25, -0.2) is 0 Å². The summed E-state index contributed by atoms with van der Waals surface area (Å²) in [5.74, 6) is -0.396. The molecule has 19 heavy (non-hydrogen) atoms. The molecule has 1 saturated heterocycles. The molecule has 7 nitrogen and oxygen atoms in total. The lowest BCUT2D eigenvalue weighted by molar-refractivity contribution is -0.138. The summed E-state index contributed by atoms with van der Waals surface area (Å²) in [5, 5.41) is 5.64. The van der Waals surface area contributed by atoms with Crippen LogP contribution < -0.4 is 10.6 Å². The zero-order valence-electron chi connectivity index (χ0n) is 10.7. The summed E-state index contributed by atoms with van der Waals surface area (Å²) in [6.07, 6.45) is 0. The molecule has 2 rings (SSSR count). The molecule has 8 heteroatoms.